The van der Waals surface area contributed by atoms with E-state index in [9.17, 15) is 4.79 Å². The number of hydrogen-bond acceptors (Lipinski definition) is 4. The normalized spacial score (nSPS) is 10.6. The summed E-state index contributed by atoms with van der Waals surface area (Å²) < 4.78 is 2.59. The van der Waals surface area contributed by atoms with E-state index in [4.69, 9.17) is 0 Å². The molecule has 0 fully saturated rings. The minimum atomic E-state index is 0.638. The van der Waals surface area contributed by atoms with Gasteiger partial charge in [0.1, 0.15) is 10.9 Å². The predicted molar refractivity (Wildman–Crippen MR) is 75.8 cm³/mol. The molecule has 0 aliphatic carbocycles. The van der Waals surface area contributed by atoms with Gasteiger partial charge in [-0.05, 0) is 40.2 Å². The lowest BCUT2D eigenvalue weighted by atomic mass is 10.2. The van der Waals surface area contributed by atoms with E-state index in [0.29, 0.717) is 16.0 Å². The molecule has 0 spiro atoms. The molecule has 1 N–H and O–H groups in total. The number of aldehydes is 1. The summed E-state index contributed by atoms with van der Waals surface area (Å²) >= 11 is 3.36. The topological polar surface area (TPSA) is 59.3 Å². The van der Waals surface area contributed by atoms with Crippen molar-refractivity contribution in [3.63, 3.8) is 0 Å². The lowest BCUT2D eigenvalue weighted by Crippen LogP contribution is -1.98. The summed E-state index contributed by atoms with van der Waals surface area (Å²) in [7, 11) is 0. The molecule has 0 radical (unpaired) electrons. The van der Waals surface area contributed by atoms with Crippen LogP contribution in [-0.2, 0) is 0 Å². The molecule has 5 nitrogen and oxygen atoms in total. The average molecular weight is 317 g/mol. The van der Waals surface area contributed by atoms with Crippen molar-refractivity contribution < 1.29 is 4.79 Å². The molecular weight excluding hydrogens is 308 g/mol. The third-order valence-corrected chi connectivity index (χ3v) is 3.04. The van der Waals surface area contributed by atoms with E-state index in [2.05, 4.69) is 31.2 Å². The van der Waals surface area contributed by atoms with Crippen molar-refractivity contribution in [3.8, 4) is 0 Å². The van der Waals surface area contributed by atoms with Crippen molar-refractivity contribution in [1.82, 2.24) is 14.4 Å². The minimum Gasteiger partial charge on any atom is -0.337 e. The van der Waals surface area contributed by atoms with Crippen LogP contribution in [0.5, 0.6) is 0 Å². The summed E-state index contributed by atoms with van der Waals surface area (Å²) in [5, 5.41) is 3.18. The first-order valence-electron chi connectivity index (χ1n) is 5.58. The predicted octanol–water partition coefficient (Wildman–Crippen LogP) is 3.05. The van der Waals surface area contributed by atoms with Crippen LogP contribution in [0, 0.1) is 0 Å². The Hall–Kier alpha value is -2.21. The van der Waals surface area contributed by atoms with Crippen LogP contribution in [-0.4, -0.2) is 20.7 Å². The van der Waals surface area contributed by atoms with E-state index in [0.717, 1.165) is 17.6 Å². The van der Waals surface area contributed by atoms with Gasteiger partial charge < -0.3 is 9.72 Å². The van der Waals surface area contributed by atoms with Gasteiger partial charge in [-0.2, -0.15) is 0 Å². The summed E-state index contributed by atoms with van der Waals surface area (Å²) in [5.41, 5.74) is 2.22. The lowest BCUT2D eigenvalue weighted by molar-refractivity contribution is 0.112. The maximum atomic E-state index is 10.6. The molecule has 0 saturated heterocycles. The van der Waals surface area contributed by atoms with Crippen LogP contribution < -0.4 is 5.32 Å². The van der Waals surface area contributed by atoms with Crippen LogP contribution in [0.2, 0.25) is 0 Å². The maximum Gasteiger partial charge on any atom is 0.180 e. The molecule has 2 aromatic heterocycles. The van der Waals surface area contributed by atoms with Crippen LogP contribution in [0.15, 0.2) is 47.5 Å². The van der Waals surface area contributed by atoms with Crippen molar-refractivity contribution >= 4 is 39.4 Å². The Labute approximate surface area is 117 Å². The maximum absolute atomic E-state index is 10.6. The van der Waals surface area contributed by atoms with Gasteiger partial charge in [-0.25, -0.2) is 9.97 Å². The van der Waals surface area contributed by atoms with E-state index in [1.54, 1.807) is 18.3 Å². The smallest absolute Gasteiger partial charge is 0.180 e. The third kappa shape index (κ3) is 2.34. The average Bonchev–Trinajstić information content (AvgIpc) is 2.88. The Kier molecular flexibility index (Phi) is 3.00. The van der Waals surface area contributed by atoms with Crippen LogP contribution in [0.25, 0.3) is 5.65 Å². The Morgan fingerprint density at radius 2 is 2.05 bits per heavy atom. The fraction of sp³-hybridized carbons (Fsp3) is 0. The van der Waals surface area contributed by atoms with Crippen LogP contribution in [0.1, 0.15) is 10.4 Å². The first kappa shape index (κ1) is 11.9. The zero-order valence-corrected chi connectivity index (χ0v) is 11.3. The second kappa shape index (κ2) is 4.81. The summed E-state index contributed by atoms with van der Waals surface area (Å²) in [6.45, 7) is 0. The first-order chi connectivity index (χ1) is 9.26. The Bertz CT molecular complexity index is 736. The van der Waals surface area contributed by atoms with Crippen molar-refractivity contribution in [2.24, 2.45) is 0 Å². The quantitative estimate of drug-likeness (QED) is 0.754. The number of halogens is 1. The molecule has 0 bridgehead atoms. The SMILES string of the molecule is O=Cc1ccc(Nc2nc(Br)cn3ccnc23)cc1. The number of rotatable bonds is 3. The van der Waals surface area contributed by atoms with Gasteiger partial charge in [0.25, 0.3) is 0 Å². The number of carbonyl (C=O) groups excluding carboxylic acids is 1. The first-order valence-corrected chi connectivity index (χ1v) is 6.37. The van der Waals surface area contributed by atoms with Crippen molar-refractivity contribution in [2.45, 2.75) is 0 Å². The molecule has 6 heteroatoms. The summed E-state index contributed by atoms with van der Waals surface area (Å²) in [6.07, 6.45) is 6.21. The summed E-state index contributed by atoms with van der Waals surface area (Å²) in [6, 6.07) is 7.14. The summed E-state index contributed by atoms with van der Waals surface area (Å²) in [4.78, 5) is 19.2. The van der Waals surface area contributed by atoms with Gasteiger partial charge in [0.05, 0.1) is 0 Å². The number of hydrogen-bond donors (Lipinski definition) is 1. The molecule has 0 aliphatic rings. The number of carbonyl (C=O) groups is 1. The fourth-order valence-electron chi connectivity index (χ4n) is 1.77. The number of benzene rings is 1. The highest BCUT2D eigenvalue weighted by Crippen LogP contribution is 2.21. The molecule has 19 heavy (non-hydrogen) atoms. The van der Waals surface area contributed by atoms with Gasteiger partial charge in [-0.1, -0.05) is 0 Å². The number of anilines is 2. The van der Waals surface area contributed by atoms with Gasteiger partial charge >= 0.3 is 0 Å². The standard InChI is InChI=1S/C13H9BrN4O/c14-11-7-18-6-5-15-13(18)12(17-11)16-10-3-1-9(8-19)2-4-10/h1-8H,(H,16,17). The van der Waals surface area contributed by atoms with E-state index in [-0.39, 0.29) is 0 Å². The molecule has 1 aromatic carbocycles. The molecule has 0 saturated carbocycles. The lowest BCUT2D eigenvalue weighted by Gasteiger charge is -2.07. The largest absolute Gasteiger partial charge is 0.337 e. The third-order valence-electron chi connectivity index (χ3n) is 2.65. The van der Waals surface area contributed by atoms with Crippen molar-refractivity contribution in [3.05, 3.63) is 53.0 Å². The van der Waals surface area contributed by atoms with E-state index >= 15 is 0 Å². The fourth-order valence-corrected chi connectivity index (χ4v) is 2.16. The highest BCUT2D eigenvalue weighted by Gasteiger charge is 2.06. The number of aromatic nitrogens is 3. The van der Waals surface area contributed by atoms with E-state index < -0.39 is 0 Å². The van der Waals surface area contributed by atoms with Gasteiger partial charge in [0.2, 0.25) is 0 Å². The second-order valence-electron chi connectivity index (χ2n) is 3.94. The van der Waals surface area contributed by atoms with Crippen molar-refractivity contribution in [2.75, 3.05) is 5.32 Å². The molecule has 3 rings (SSSR count). The molecular formula is C13H9BrN4O. The molecule has 0 atom stereocenters. The molecule has 94 valence electrons. The monoisotopic (exact) mass is 316 g/mol. The van der Waals surface area contributed by atoms with Gasteiger partial charge in [0.15, 0.2) is 11.5 Å². The Balaban J connectivity index is 1.99. The van der Waals surface area contributed by atoms with Crippen molar-refractivity contribution in [1.29, 1.82) is 0 Å². The molecule has 0 aliphatic heterocycles. The number of fused-ring (bicyclic) bond motifs is 1. The highest BCUT2D eigenvalue weighted by atomic mass is 79.9. The molecule has 2 heterocycles. The summed E-state index contributed by atoms with van der Waals surface area (Å²) in [5.74, 6) is 0.651. The number of nitrogens with zero attached hydrogens (tertiary/aromatic N) is 3. The zero-order valence-electron chi connectivity index (χ0n) is 9.75. The van der Waals surface area contributed by atoms with Crippen LogP contribution >= 0.6 is 15.9 Å². The molecule has 0 unspecified atom stereocenters. The highest BCUT2D eigenvalue weighted by molar-refractivity contribution is 9.10. The zero-order chi connectivity index (χ0) is 13.2. The van der Waals surface area contributed by atoms with Gasteiger partial charge in [-0.15, -0.1) is 0 Å². The van der Waals surface area contributed by atoms with Gasteiger partial charge in [-0.3, -0.25) is 4.79 Å². The number of nitrogens with one attached hydrogen (secondary N) is 1. The van der Waals surface area contributed by atoms with Gasteiger partial charge in [0, 0.05) is 29.8 Å². The van der Waals surface area contributed by atoms with E-state index in [1.165, 1.54) is 0 Å². The number of imidazole rings is 1. The van der Waals surface area contributed by atoms with Crippen LogP contribution in [0.4, 0.5) is 11.5 Å². The second-order valence-corrected chi connectivity index (χ2v) is 4.75. The molecule has 0 amide bonds. The Morgan fingerprint density at radius 1 is 1.26 bits per heavy atom. The molecule has 3 aromatic rings. The van der Waals surface area contributed by atoms with Crippen LogP contribution in [0.3, 0.4) is 0 Å². The minimum absolute atomic E-state index is 0.638. The van der Waals surface area contributed by atoms with E-state index in [1.807, 2.05) is 28.9 Å². The Morgan fingerprint density at radius 3 is 2.79 bits per heavy atom.